The first-order chi connectivity index (χ1) is 19.7. The molecule has 0 bridgehead atoms. The van der Waals surface area contributed by atoms with Crippen LogP contribution in [-0.2, 0) is 24.1 Å². The second kappa shape index (κ2) is 11.9. The van der Waals surface area contributed by atoms with Gasteiger partial charge in [0.05, 0.1) is 35.8 Å². The maximum atomic E-state index is 13.5. The first-order valence-corrected chi connectivity index (χ1v) is 14.9. The molecule has 6 rings (SSSR count). The van der Waals surface area contributed by atoms with Gasteiger partial charge in [0.15, 0.2) is 5.13 Å². The zero-order valence-electron chi connectivity index (χ0n) is 21.9. The number of hydrogen-bond acceptors (Lipinski definition) is 9. The van der Waals surface area contributed by atoms with Crippen LogP contribution in [0, 0.1) is 0 Å². The molecule has 0 fully saturated rings. The summed E-state index contributed by atoms with van der Waals surface area (Å²) in [4.78, 5) is 20.0. The fourth-order valence-electron chi connectivity index (χ4n) is 4.63. The fraction of sp³-hybridized carbons (Fsp3) is 0.200. The zero-order chi connectivity index (χ0) is 27.3. The second-order valence-electron chi connectivity index (χ2n) is 9.14. The number of anilines is 4. The third-order valence-corrected chi connectivity index (χ3v) is 8.06. The van der Waals surface area contributed by atoms with Crippen molar-refractivity contribution in [3.05, 3.63) is 101 Å². The molecule has 0 atom stereocenters. The summed E-state index contributed by atoms with van der Waals surface area (Å²) in [6, 6.07) is 24.0. The highest BCUT2D eigenvalue weighted by Crippen LogP contribution is 2.36. The molecule has 0 spiro atoms. The van der Waals surface area contributed by atoms with Crippen LogP contribution in [0.1, 0.15) is 29.6 Å². The molecule has 5 aromatic rings. The Balaban J connectivity index is 1.09. The largest absolute Gasteiger partial charge is 0.494 e. The SMILES string of the molecule is CCOc1ccc(Nc2nc(Cc3nnc(SCC(=O)N4c5ccccc5CCc5ccccc54)o3)cs2)cc1. The van der Waals surface area contributed by atoms with Crippen LogP contribution in [0.25, 0.3) is 0 Å². The van der Waals surface area contributed by atoms with E-state index in [0.717, 1.165) is 57.6 Å². The van der Waals surface area contributed by atoms with E-state index in [1.165, 1.54) is 23.1 Å². The standard InChI is InChI=1S/C30H27N5O3S2/c1-2-37-24-15-13-22(14-16-24)31-29-32-23(18-39-29)17-27-33-34-30(38-27)40-19-28(36)35-25-9-5-3-7-20(25)11-12-21-8-4-6-10-26(21)35/h3-10,13-16,18H,2,11-12,17,19H2,1H3,(H,31,32). The summed E-state index contributed by atoms with van der Waals surface area (Å²) in [6.07, 6.45) is 2.20. The lowest BCUT2D eigenvalue weighted by Crippen LogP contribution is -2.28. The van der Waals surface area contributed by atoms with Crippen molar-refractivity contribution in [1.29, 1.82) is 0 Å². The number of carbonyl (C=O) groups is 1. The Morgan fingerprint density at radius 1 is 1.00 bits per heavy atom. The second-order valence-corrected chi connectivity index (χ2v) is 10.9. The van der Waals surface area contributed by atoms with Crippen LogP contribution >= 0.6 is 23.1 Å². The number of aryl methyl sites for hydroxylation is 2. The van der Waals surface area contributed by atoms with Crippen molar-refractivity contribution in [2.24, 2.45) is 0 Å². The average molecular weight is 570 g/mol. The van der Waals surface area contributed by atoms with E-state index in [1.54, 1.807) is 0 Å². The van der Waals surface area contributed by atoms with Gasteiger partial charge in [0.2, 0.25) is 11.8 Å². The summed E-state index contributed by atoms with van der Waals surface area (Å²) in [6.45, 7) is 2.60. The summed E-state index contributed by atoms with van der Waals surface area (Å²) in [5, 5.41) is 14.7. The number of nitrogens with zero attached hydrogens (tertiary/aromatic N) is 4. The third kappa shape index (κ3) is 5.88. The van der Waals surface area contributed by atoms with Crippen LogP contribution in [0.5, 0.6) is 5.75 Å². The molecule has 1 aliphatic heterocycles. The van der Waals surface area contributed by atoms with E-state index in [9.17, 15) is 4.79 Å². The Labute approximate surface area is 240 Å². The predicted molar refractivity (Wildman–Crippen MR) is 158 cm³/mol. The van der Waals surface area contributed by atoms with Crippen molar-refractivity contribution in [3.63, 3.8) is 0 Å². The van der Waals surface area contributed by atoms with Crippen LogP contribution in [0.3, 0.4) is 0 Å². The lowest BCUT2D eigenvalue weighted by molar-refractivity contribution is -0.115. The number of thioether (sulfide) groups is 1. The van der Waals surface area contributed by atoms with Crippen molar-refractivity contribution < 1.29 is 13.9 Å². The third-order valence-electron chi connectivity index (χ3n) is 6.45. The van der Waals surface area contributed by atoms with E-state index in [-0.39, 0.29) is 11.7 Å². The molecule has 40 heavy (non-hydrogen) atoms. The van der Waals surface area contributed by atoms with Gasteiger partial charge in [0.25, 0.3) is 5.22 Å². The fourth-order valence-corrected chi connectivity index (χ4v) is 5.99. The summed E-state index contributed by atoms with van der Waals surface area (Å²) in [7, 11) is 0. The number of aromatic nitrogens is 3. The molecule has 8 nitrogen and oxygen atoms in total. The maximum absolute atomic E-state index is 13.5. The number of para-hydroxylation sites is 2. The quantitative estimate of drug-likeness (QED) is 0.193. The minimum atomic E-state index is -0.0314. The van der Waals surface area contributed by atoms with Gasteiger partial charge in [0, 0.05) is 11.1 Å². The smallest absolute Gasteiger partial charge is 0.277 e. The molecule has 3 heterocycles. The van der Waals surface area contributed by atoms with Crippen LogP contribution in [0.4, 0.5) is 22.2 Å². The molecular formula is C30H27N5O3S2. The monoisotopic (exact) mass is 569 g/mol. The maximum Gasteiger partial charge on any atom is 0.277 e. The molecule has 0 saturated carbocycles. The van der Waals surface area contributed by atoms with Gasteiger partial charge in [0.1, 0.15) is 5.75 Å². The average Bonchev–Trinajstić information content (AvgIpc) is 3.58. The Morgan fingerprint density at radius 2 is 1.70 bits per heavy atom. The van der Waals surface area contributed by atoms with Gasteiger partial charge in [-0.2, -0.15) is 0 Å². The zero-order valence-corrected chi connectivity index (χ0v) is 23.5. The number of benzene rings is 3. The molecular weight excluding hydrogens is 542 g/mol. The number of ether oxygens (including phenoxy) is 1. The topological polar surface area (TPSA) is 93.4 Å². The number of nitrogens with one attached hydrogen (secondary N) is 1. The Bertz CT molecular complexity index is 1570. The van der Waals surface area contributed by atoms with Crippen molar-refractivity contribution >= 4 is 51.2 Å². The van der Waals surface area contributed by atoms with E-state index in [4.69, 9.17) is 9.15 Å². The van der Waals surface area contributed by atoms with Crippen LogP contribution < -0.4 is 15.0 Å². The van der Waals surface area contributed by atoms with E-state index in [2.05, 4.69) is 32.6 Å². The lowest BCUT2D eigenvalue weighted by atomic mass is 10.0. The molecule has 2 aromatic heterocycles. The van der Waals surface area contributed by atoms with Gasteiger partial charge in [-0.25, -0.2) is 4.98 Å². The molecule has 0 saturated heterocycles. The van der Waals surface area contributed by atoms with Crippen LogP contribution in [-0.4, -0.2) is 33.4 Å². The Hall–Kier alpha value is -4.15. The summed E-state index contributed by atoms with van der Waals surface area (Å²) >= 11 is 2.76. The van der Waals surface area contributed by atoms with Gasteiger partial charge in [-0.15, -0.1) is 21.5 Å². The summed E-state index contributed by atoms with van der Waals surface area (Å²) < 4.78 is 11.3. The van der Waals surface area contributed by atoms with Crippen LogP contribution in [0.2, 0.25) is 0 Å². The van der Waals surface area contributed by atoms with Crippen LogP contribution in [0.15, 0.2) is 87.8 Å². The van der Waals surface area contributed by atoms with Gasteiger partial charge in [-0.05, 0) is 67.3 Å². The van der Waals surface area contributed by atoms with Crippen molar-refractivity contribution in [2.45, 2.75) is 31.4 Å². The number of amides is 1. The predicted octanol–water partition coefficient (Wildman–Crippen LogP) is 6.81. The normalized spacial score (nSPS) is 12.4. The van der Waals surface area contributed by atoms with E-state index >= 15 is 0 Å². The molecule has 0 aliphatic carbocycles. The first-order valence-electron chi connectivity index (χ1n) is 13.0. The van der Waals surface area contributed by atoms with Gasteiger partial charge < -0.3 is 14.5 Å². The van der Waals surface area contributed by atoms with E-state index in [1.807, 2.05) is 77.9 Å². The highest BCUT2D eigenvalue weighted by Gasteiger charge is 2.26. The molecule has 3 aromatic carbocycles. The Kier molecular flexibility index (Phi) is 7.78. The molecule has 10 heteroatoms. The molecule has 202 valence electrons. The summed E-state index contributed by atoms with van der Waals surface area (Å²) in [5.41, 5.74) is 5.95. The molecule has 1 aliphatic rings. The highest BCUT2D eigenvalue weighted by atomic mass is 32.2. The number of fused-ring (bicyclic) bond motifs is 2. The minimum absolute atomic E-state index is 0.0314. The lowest BCUT2D eigenvalue weighted by Gasteiger charge is -2.24. The minimum Gasteiger partial charge on any atom is -0.494 e. The van der Waals surface area contributed by atoms with E-state index < -0.39 is 0 Å². The molecule has 0 radical (unpaired) electrons. The van der Waals surface area contributed by atoms with E-state index in [0.29, 0.717) is 24.1 Å². The van der Waals surface area contributed by atoms with Gasteiger partial charge in [-0.3, -0.25) is 9.69 Å². The summed E-state index contributed by atoms with van der Waals surface area (Å²) in [5.74, 6) is 1.44. The number of hydrogen-bond donors (Lipinski definition) is 1. The Morgan fingerprint density at radius 3 is 2.40 bits per heavy atom. The number of carbonyl (C=O) groups excluding carboxylic acids is 1. The highest BCUT2D eigenvalue weighted by molar-refractivity contribution is 7.99. The molecule has 1 amide bonds. The van der Waals surface area contributed by atoms with Crippen molar-refractivity contribution in [1.82, 2.24) is 15.2 Å². The number of rotatable bonds is 9. The van der Waals surface area contributed by atoms with Gasteiger partial charge in [-0.1, -0.05) is 48.2 Å². The molecule has 0 unspecified atom stereocenters. The molecule has 1 N–H and O–H groups in total. The van der Waals surface area contributed by atoms with Crippen molar-refractivity contribution in [2.75, 3.05) is 22.6 Å². The first kappa shape index (κ1) is 26.1. The number of thiazole rings is 1. The van der Waals surface area contributed by atoms with Gasteiger partial charge >= 0.3 is 0 Å². The van der Waals surface area contributed by atoms with Crippen molar-refractivity contribution in [3.8, 4) is 5.75 Å².